The van der Waals surface area contributed by atoms with Gasteiger partial charge in [-0.3, -0.25) is 0 Å². The molecule has 0 aliphatic carbocycles. The fraction of sp³-hybridized carbons (Fsp3) is 0. The summed E-state index contributed by atoms with van der Waals surface area (Å²) in [6.45, 7) is 0. The van der Waals surface area contributed by atoms with Crippen LogP contribution in [0.5, 0.6) is 0 Å². The van der Waals surface area contributed by atoms with Crippen LogP contribution in [-0.4, -0.2) is 9.97 Å². The van der Waals surface area contributed by atoms with Crippen molar-refractivity contribution in [2.75, 3.05) is 0 Å². The predicted octanol–water partition coefficient (Wildman–Crippen LogP) is 5.98. The highest BCUT2D eigenvalue weighted by Gasteiger charge is 2.08. The van der Waals surface area contributed by atoms with E-state index < -0.39 is 0 Å². The molecule has 0 amide bonds. The zero-order chi connectivity index (χ0) is 15.9. The van der Waals surface area contributed by atoms with E-state index in [4.69, 9.17) is 0 Å². The Morgan fingerprint density at radius 1 is 0.458 bits per heavy atom. The average molecular weight is 308 g/mol. The Labute approximate surface area is 139 Å². The fourth-order valence-electron chi connectivity index (χ4n) is 3.31. The summed E-state index contributed by atoms with van der Waals surface area (Å²) in [6.07, 6.45) is 0. The molecule has 0 saturated heterocycles. The van der Waals surface area contributed by atoms with Gasteiger partial charge in [-0.1, -0.05) is 60.7 Å². The Kier molecular flexibility index (Phi) is 2.83. The van der Waals surface area contributed by atoms with E-state index in [1.807, 2.05) is 12.1 Å². The third-order valence-electron chi connectivity index (χ3n) is 4.53. The second-order valence-electron chi connectivity index (χ2n) is 6.12. The third-order valence-corrected chi connectivity index (χ3v) is 4.53. The molecule has 2 heteroatoms. The summed E-state index contributed by atoms with van der Waals surface area (Å²) in [5.74, 6) is 0. The molecule has 24 heavy (non-hydrogen) atoms. The topological polar surface area (TPSA) is 31.6 Å². The number of rotatable bonds is 2. The van der Waals surface area contributed by atoms with Crippen LogP contribution in [0.3, 0.4) is 0 Å². The van der Waals surface area contributed by atoms with Gasteiger partial charge in [0.05, 0.1) is 0 Å². The number of aromatic amines is 2. The fourth-order valence-corrected chi connectivity index (χ4v) is 3.31. The Morgan fingerprint density at radius 3 is 1.38 bits per heavy atom. The summed E-state index contributed by atoms with van der Waals surface area (Å²) < 4.78 is 0. The van der Waals surface area contributed by atoms with Crippen molar-refractivity contribution in [3.05, 3.63) is 84.9 Å². The smallest absolute Gasteiger partial charge is 0.0480 e. The molecule has 0 fully saturated rings. The Balaban J connectivity index is 1.65. The number of nitrogens with one attached hydrogen (secondary N) is 2. The highest BCUT2D eigenvalue weighted by molar-refractivity contribution is 5.99. The summed E-state index contributed by atoms with van der Waals surface area (Å²) in [6, 6.07) is 29.8. The molecule has 0 atom stereocenters. The van der Waals surface area contributed by atoms with E-state index in [9.17, 15) is 0 Å². The molecule has 114 valence electrons. The second kappa shape index (κ2) is 5.14. The van der Waals surface area contributed by atoms with Gasteiger partial charge in [-0.2, -0.15) is 0 Å². The van der Waals surface area contributed by atoms with Gasteiger partial charge in [0, 0.05) is 33.2 Å². The van der Waals surface area contributed by atoms with E-state index in [-0.39, 0.29) is 0 Å². The molecule has 2 aromatic heterocycles. The molecule has 0 spiro atoms. The van der Waals surface area contributed by atoms with Gasteiger partial charge >= 0.3 is 0 Å². The summed E-state index contributed by atoms with van der Waals surface area (Å²) in [7, 11) is 0. The first-order valence-electron chi connectivity index (χ1n) is 8.13. The number of fused-ring (bicyclic) bond motifs is 2. The van der Waals surface area contributed by atoms with Gasteiger partial charge in [-0.05, 0) is 35.4 Å². The predicted molar refractivity (Wildman–Crippen MR) is 101 cm³/mol. The van der Waals surface area contributed by atoms with Crippen LogP contribution in [0.25, 0.3) is 44.3 Å². The third kappa shape index (κ3) is 2.12. The van der Waals surface area contributed by atoms with Gasteiger partial charge in [0.25, 0.3) is 0 Å². The van der Waals surface area contributed by atoms with Crippen molar-refractivity contribution in [2.24, 2.45) is 0 Å². The molecular weight excluding hydrogens is 292 g/mol. The molecule has 2 heterocycles. The first-order valence-corrected chi connectivity index (χ1v) is 8.13. The van der Waals surface area contributed by atoms with Crippen molar-refractivity contribution < 1.29 is 0 Å². The molecule has 2 nitrogen and oxygen atoms in total. The van der Waals surface area contributed by atoms with E-state index in [0.717, 1.165) is 22.4 Å². The second-order valence-corrected chi connectivity index (χ2v) is 6.12. The van der Waals surface area contributed by atoms with Crippen molar-refractivity contribution in [3.8, 4) is 22.5 Å². The number of hydrogen-bond donors (Lipinski definition) is 2. The zero-order valence-electron chi connectivity index (χ0n) is 13.1. The molecule has 5 rings (SSSR count). The lowest BCUT2D eigenvalue weighted by atomic mass is 10.1. The standard InChI is InChI=1S/C22H16N2/c1-3-7-15(8-4-1)19-12-17-11-18-13-20(16-9-5-2-6-10-16)24-22(18)14-21(17)23-19/h1-14,23-24H. The molecule has 0 radical (unpaired) electrons. The van der Waals surface area contributed by atoms with Crippen LogP contribution in [0.4, 0.5) is 0 Å². The van der Waals surface area contributed by atoms with Gasteiger partial charge in [-0.25, -0.2) is 0 Å². The van der Waals surface area contributed by atoms with Crippen molar-refractivity contribution >= 4 is 21.8 Å². The zero-order valence-corrected chi connectivity index (χ0v) is 13.1. The maximum atomic E-state index is 3.53. The normalized spacial score (nSPS) is 11.3. The van der Waals surface area contributed by atoms with Gasteiger partial charge < -0.3 is 9.97 Å². The van der Waals surface area contributed by atoms with Crippen molar-refractivity contribution in [3.63, 3.8) is 0 Å². The number of hydrogen-bond acceptors (Lipinski definition) is 0. The van der Waals surface area contributed by atoms with Crippen molar-refractivity contribution in [1.82, 2.24) is 9.97 Å². The Bertz CT molecular complexity index is 992. The van der Waals surface area contributed by atoms with Crippen LogP contribution in [-0.2, 0) is 0 Å². The Hall–Kier alpha value is -3.26. The lowest BCUT2D eigenvalue weighted by Crippen LogP contribution is -1.76. The highest BCUT2D eigenvalue weighted by atomic mass is 14.7. The van der Waals surface area contributed by atoms with Crippen LogP contribution in [0.15, 0.2) is 84.9 Å². The number of aromatic nitrogens is 2. The average Bonchev–Trinajstić information content (AvgIpc) is 3.24. The van der Waals surface area contributed by atoms with Crippen LogP contribution in [0, 0.1) is 0 Å². The number of H-pyrrole nitrogens is 2. The monoisotopic (exact) mass is 308 g/mol. The molecule has 0 aliphatic heterocycles. The summed E-state index contributed by atoms with van der Waals surface area (Å²) >= 11 is 0. The van der Waals surface area contributed by atoms with Crippen molar-refractivity contribution in [2.45, 2.75) is 0 Å². The van der Waals surface area contributed by atoms with Gasteiger partial charge in [0.2, 0.25) is 0 Å². The maximum absolute atomic E-state index is 3.53. The Morgan fingerprint density at radius 2 is 0.917 bits per heavy atom. The minimum absolute atomic E-state index is 1.15. The molecule has 2 N–H and O–H groups in total. The highest BCUT2D eigenvalue weighted by Crippen LogP contribution is 2.30. The minimum atomic E-state index is 1.15. The van der Waals surface area contributed by atoms with E-state index in [1.54, 1.807) is 0 Å². The molecule has 5 aromatic rings. The summed E-state index contributed by atoms with van der Waals surface area (Å²) in [5, 5.41) is 2.47. The van der Waals surface area contributed by atoms with Crippen LogP contribution < -0.4 is 0 Å². The first kappa shape index (κ1) is 13.2. The minimum Gasteiger partial charge on any atom is -0.354 e. The van der Waals surface area contributed by atoms with Gasteiger partial charge in [-0.15, -0.1) is 0 Å². The van der Waals surface area contributed by atoms with Crippen LogP contribution in [0.1, 0.15) is 0 Å². The van der Waals surface area contributed by atoms with Crippen molar-refractivity contribution in [1.29, 1.82) is 0 Å². The maximum Gasteiger partial charge on any atom is 0.0480 e. The number of benzene rings is 3. The molecular formula is C22H16N2. The van der Waals surface area contributed by atoms with E-state index in [1.165, 1.54) is 21.9 Å². The lowest BCUT2D eigenvalue weighted by Gasteiger charge is -1.95. The largest absolute Gasteiger partial charge is 0.354 e. The molecule has 0 bridgehead atoms. The summed E-state index contributed by atoms with van der Waals surface area (Å²) in [4.78, 5) is 7.07. The van der Waals surface area contributed by atoms with Gasteiger partial charge in [0.1, 0.15) is 0 Å². The SMILES string of the molecule is c1ccc(-c2cc3cc4cc(-c5ccccc5)[nH]c4cc3[nH]2)cc1. The van der Waals surface area contributed by atoms with Crippen LogP contribution in [0.2, 0.25) is 0 Å². The summed E-state index contributed by atoms with van der Waals surface area (Å²) in [5.41, 5.74) is 7.04. The van der Waals surface area contributed by atoms with E-state index >= 15 is 0 Å². The molecule has 0 unspecified atom stereocenters. The van der Waals surface area contributed by atoms with Gasteiger partial charge in [0.15, 0.2) is 0 Å². The van der Waals surface area contributed by atoms with Crippen LogP contribution >= 0.6 is 0 Å². The molecule has 3 aromatic carbocycles. The molecule has 0 saturated carbocycles. The quantitative estimate of drug-likeness (QED) is 0.402. The first-order chi connectivity index (χ1) is 11.9. The molecule has 0 aliphatic rings. The van der Waals surface area contributed by atoms with E-state index in [0.29, 0.717) is 0 Å². The lowest BCUT2D eigenvalue weighted by molar-refractivity contribution is 1.44. The van der Waals surface area contributed by atoms with E-state index in [2.05, 4.69) is 82.8 Å².